The van der Waals surface area contributed by atoms with Crippen LogP contribution in [0.25, 0.3) is 0 Å². The van der Waals surface area contributed by atoms with Crippen molar-refractivity contribution in [3.05, 3.63) is 64.2 Å². The lowest BCUT2D eigenvalue weighted by atomic mass is 9.90. The third-order valence-electron chi connectivity index (χ3n) is 7.43. The summed E-state index contributed by atoms with van der Waals surface area (Å²) in [6.07, 6.45) is 1.07. The van der Waals surface area contributed by atoms with Crippen molar-refractivity contribution < 1.29 is 39.4 Å². The van der Waals surface area contributed by atoms with Gasteiger partial charge in [-0.15, -0.1) is 0 Å². The zero-order valence-electron chi connectivity index (χ0n) is 21.7. The highest BCUT2D eigenvalue weighted by Crippen LogP contribution is 2.34. The second-order valence-electron chi connectivity index (χ2n) is 10.2. The summed E-state index contributed by atoms with van der Waals surface area (Å²) in [5, 5.41) is 40.5. The van der Waals surface area contributed by atoms with Gasteiger partial charge in [0.1, 0.15) is 36.3 Å². The number of ether oxygens (including phenoxy) is 4. The predicted octanol–water partition coefficient (Wildman–Crippen LogP) is 3.19. The fraction of sp³-hybridized carbons (Fsp3) is 0.586. The molecule has 3 fully saturated rings. The van der Waals surface area contributed by atoms with Gasteiger partial charge in [-0.3, -0.25) is 0 Å². The van der Waals surface area contributed by atoms with Gasteiger partial charge in [-0.05, 0) is 73.4 Å². The highest BCUT2D eigenvalue weighted by molar-refractivity contribution is 6.31. The van der Waals surface area contributed by atoms with E-state index < -0.39 is 37.1 Å². The van der Waals surface area contributed by atoms with Crippen LogP contribution < -0.4 is 4.74 Å². The number of aliphatic hydroxyl groups is 4. The SMILES string of the molecule is COC1CCOC1.OC[C@H]1OC(c2ccc(Cl)c(Cc3ccc(OC4CCCC4)cc3)c2)[C@H](O)[C@@H](O)[C@@H]1O. The highest BCUT2D eigenvalue weighted by Gasteiger charge is 2.44. The molecule has 3 aliphatic rings. The molecule has 4 N–H and O–H groups in total. The summed E-state index contributed by atoms with van der Waals surface area (Å²) in [5.74, 6) is 0.872. The van der Waals surface area contributed by atoms with E-state index in [1.165, 1.54) is 12.8 Å². The molecule has 0 aromatic heterocycles. The minimum atomic E-state index is -1.41. The molecule has 2 unspecified atom stereocenters. The van der Waals surface area contributed by atoms with Gasteiger partial charge >= 0.3 is 0 Å². The molecule has 5 rings (SSSR count). The van der Waals surface area contributed by atoms with Gasteiger partial charge in [-0.25, -0.2) is 0 Å². The van der Waals surface area contributed by atoms with E-state index in [0.29, 0.717) is 29.2 Å². The standard InChI is InChI=1S/C24H29ClO6.C5H10O2/c25-19-10-7-15(24-23(29)22(28)21(27)20(13-26)31-24)12-16(19)11-14-5-8-18(9-6-14)30-17-3-1-2-4-17;1-6-5-2-3-7-4-5/h5-10,12,17,20-24,26-29H,1-4,11,13H2;5H,2-4H2,1H3/t20-,21-,22+,23-,24?;/m1./s1. The molecule has 9 heteroatoms. The zero-order valence-corrected chi connectivity index (χ0v) is 22.5. The van der Waals surface area contributed by atoms with Crippen LogP contribution >= 0.6 is 11.6 Å². The van der Waals surface area contributed by atoms with Crippen LogP contribution in [0.2, 0.25) is 5.02 Å². The Labute approximate surface area is 229 Å². The first-order chi connectivity index (χ1) is 18.4. The summed E-state index contributed by atoms with van der Waals surface area (Å²) < 4.78 is 21.7. The number of rotatable bonds is 7. The Balaban J connectivity index is 0.000000417. The van der Waals surface area contributed by atoms with Crippen LogP contribution in [0.15, 0.2) is 42.5 Å². The fourth-order valence-corrected chi connectivity index (χ4v) is 5.27. The molecule has 6 atom stereocenters. The molecule has 0 amide bonds. The van der Waals surface area contributed by atoms with E-state index in [2.05, 4.69) is 0 Å². The van der Waals surface area contributed by atoms with Gasteiger partial charge < -0.3 is 39.4 Å². The highest BCUT2D eigenvalue weighted by atomic mass is 35.5. The number of aliphatic hydroxyl groups excluding tert-OH is 4. The predicted molar refractivity (Wildman–Crippen MR) is 143 cm³/mol. The van der Waals surface area contributed by atoms with Gasteiger partial charge in [0, 0.05) is 18.7 Å². The Kier molecular flexibility index (Phi) is 10.8. The molecule has 1 saturated carbocycles. The third kappa shape index (κ3) is 7.46. The van der Waals surface area contributed by atoms with Crippen molar-refractivity contribution in [1.82, 2.24) is 0 Å². The quantitative estimate of drug-likeness (QED) is 0.415. The Morgan fingerprint density at radius 1 is 0.921 bits per heavy atom. The lowest BCUT2D eigenvalue weighted by Gasteiger charge is -2.40. The number of hydrogen-bond acceptors (Lipinski definition) is 8. The molecule has 0 bridgehead atoms. The first-order valence-electron chi connectivity index (χ1n) is 13.3. The Bertz CT molecular complexity index is 989. The van der Waals surface area contributed by atoms with Gasteiger partial charge in [0.15, 0.2) is 0 Å². The second kappa shape index (κ2) is 14.1. The third-order valence-corrected chi connectivity index (χ3v) is 7.80. The molecule has 8 nitrogen and oxygen atoms in total. The van der Waals surface area contributed by atoms with Crippen LogP contribution in [0.1, 0.15) is 54.9 Å². The molecule has 38 heavy (non-hydrogen) atoms. The zero-order chi connectivity index (χ0) is 27.1. The van der Waals surface area contributed by atoms with Crippen LogP contribution in [0.5, 0.6) is 5.75 Å². The lowest BCUT2D eigenvalue weighted by molar-refractivity contribution is -0.231. The van der Waals surface area contributed by atoms with E-state index in [1.807, 2.05) is 30.3 Å². The van der Waals surface area contributed by atoms with Crippen molar-refractivity contribution in [2.45, 2.75) is 81.3 Å². The molecule has 210 valence electrons. The Morgan fingerprint density at radius 3 is 2.26 bits per heavy atom. The first-order valence-corrected chi connectivity index (χ1v) is 13.7. The van der Waals surface area contributed by atoms with Crippen molar-refractivity contribution >= 4 is 11.6 Å². The largest absolute Gasteiger partial charge is 0.490 e. The second-order valence-corrected chi connectivity index (χ2v) is 10.6. The Morgan fingerprint density at radius 2 is 1.66 bits per heavy atom. The molecular weight excluding hydrogens is 512 g/mol. The average Bonchev–Trinajstić information content (AvgIpc) is 3.65. The van der Waals surface area contributed by atoms with Crippen LogP contribution in [0.4, 0.5) is 0 Å². The molecule has 2 saturated heterocycles. The number of benzene rings is 2. The van der Waals surface area contributed by atoms with Crippen LogP contribution in [0, 0.1) is 0 Å². The van der Waals surface area contributed by atoms with Gasteiger partial charge in [0.05, 0.1) is 25.4 Å². The number of methoxy groups -OCH3 is 1. The van der Waals surface area contributed by atoms with E-state index >= 15 is 0 Å². The van der Waals surface area contributed by atoms with Gasteiger partial charge in [-0.1, -0.05) is 35.9 Å². The van der Waals surface area contributed by atoms with Crippen LogP contribution in [-0.2, 0) is 20.6 Å². The molecule has 1 aliphatic carbocycles. The van der Waals surface area contributed by atoms with Gasteiger partial charge in [-0.2, -0.15) is 0 Å². The molecule has 0 spiro atoms. The van der Waals surface area contributed by atoms with Crippen LogP contribution in [-0.4, -0.2) is 84.0 Å². The molecule has 2 heterocycles. The molecule has 0 radical (unpaired) electrons. The van der Waals surface area contributed by atoms with E-state index in [-0.39, 0.29) is 0 Å². The fourth-order valence-electron chi connectivity index (χ4n) is 5.09. The van der Waals surface area contributed by atoms with Crippen molar-refractivity contribution in [1.29, 1.82) is 0 Å². The van der Waals surface area contributed by atoms with Crippen molar-refractivity contribution in [3.8, 4) is 5.75 Å². The average molecular weight is 551 g/mol. The number of halogens is 1. The maximum atomic E-state index is 10.4. The topological polar surface area (TPSA) is 118 Å². The van der Waals surface area contributed by atoms with E-state index in [4.69, 9.17) is 30.5 Å². The van der Waals surface area contributed by atoms with Crippen molar-refractivity contribution in [2.75, 3.05) is 26.9 Å². The smallest absolute Gasteiger partial charge is 0.119 e. The molecule has 2 aromatic rings. The van der Waals surface area contributed by atoms with E-state index in [0.717, 1.165) is 49.4 Å². The lowest BCUT2D eigenvalue weighted by Crippen LogP contribution is -2.55. The Hall–Kier alpha value is -1.75. The van der Waals surface area contributed by atoms with Crippen LogP contribution in [0.3, 0.4) is 0 Å². The summed E-state index contributed by atoms with van der Waals surface area (Å²) in [6.45, 7) is 1.20. The molecular formula is C29H39ClO8. The summed E-state index contributed by atoms with van der Waals surface area (Å²) in [6, 6.07) is 13.3. The van der Waals surface area contributed by atoms with Crippen molar-refractivity contribution in [2.24, 2.45) is 0 Å². The molecule has 2 aromatic carbocycles. The first kappa shape index (κ1) is 29.2. The maximum Gasteiger partial charge on any atom is 0.119 e. The van der Waals surface area contributed by atoms with Gasteiger partial charge in [0.2, 0.25) is 0 Å². The summed E-state index contributed by atoms with van der Waals surface area (Å²) in [7, 11) is 1.72. The minimum Gasteiger partial charge on any atom is -0.490 e. The summed E-state index contributed by atoms with van der Waals surface area (Å²) >= 11 is 6.42. The maximum absolute atomic E-state index is 10.4. The summed E-state index contributed by atoms with van der Waals surface area (Å²) in [4.78, 5) is 0. The minimum absolute atomic E-state index is 0.315. The van der Waals surface area contributed by atoms with Gasteiger partial charge in [0.25, 0.3) is 0 Å². The van der Waals surface area contributed by atoms with E-state index in [9.17, 15) is 20.4 Å². The monoisotopic (exact) mass is 550 g/mol. The normalized spacial score (nSPS) is 29.6. The summed E-state index contributed by atoms with van der Waals surface area (Å²) in [5.41, 5.74) is 2.53. The number of hydrogen-bond donors (Lipinski definition) is 4. The van der Waals surface area contributed by atoms with Crippen molar-refractivity contribution in [3.63, 3.8) is 0 Å². The molecule has 2 aliphatic heterocycles. The van der Waals surface area contributed by atoms with E-state index in [1.54, 1.807) is 19.2 Å².